The van der Waals surface area contributed by atoms with E-state index in [1.807, 2.05) is 61.5 Å². The van der Waals surface area contributed by atoms with Crippen LogP contribution in [0.3, 0.4) is 0 Å². The number of rotatable bonds is 7. The summed E-state index contributed by atoms with van der Waals surface area (Å²) in [6, 6.07) is 24.9. The molecule has 0 atom stereocenters. The minimum atomic E-state index is -0.320. The van der Waals surface area contributed by atoms with Gasteiger partial charge in [-0.25, -0.2) is 9.59 Å². The van der Waals surface area contributed by atoms with Gasteiger partial charge in [0.25, 0.3) is 0 Å². The number of ether oxygens (including phenoxy) is 2. The number of aryl methyl sites for hydroxylation is 1. The molecular formula is C41H43N9O4. The lowest BCUT2D eigenvalue weighted by Crippen LogP contribution is -2.49. The van der Waals surface area contributed by atoms with Crippen LogP contribution in [0.15, 0.2) is 110 Å². The second kappa shape index (κ2) is 17.6. The fraction of sp³-hybridized carbons (Fsp3) is 0.293. The number of hydrogen-bond donors (Lipinski definition) is 0. The molecule has 276 valence electrons. The molecule has 0 saturated carbocycles. The summed E-state index contributed by atoms with van der Waals surface area (Å²) < 4.78 is 11.1. The van der Waals surface area contributed by atoms with Gasteiger partial charge in [-0.2, -0.15) is 0 Å². The monoisotopic (exact) mass is 725 g/mol. The molecule has 13 nitrogen and oxygen atoms in total. The van der Waals surface area contributed by atoms with Crippen LogP contribution < -0.4 is 9.47 Å². The van der Waals surface area contributed by atoms with Crippen LogP contribution in [0.25, 0.3) is 21.8 Å². The number of hydrogen-bond acceptors (Lipinski definition) is 11. The Bertz CT molecular complexity index is 2170. The zero-order valence-electron chi connectivity index (χ0n) is 30.3. The van der Waals surface area contributed by atoms with Crippen LogP contribution in [-0.4, -0.2) is 116 Å². The van der Waals surface area contributed by atoms with Gasteiger partial charge in [0.15, 0.2) is 0 Å². The first kappa shape index (κ1) is 36.3. The molecule has 2 aromatic carbocycles. The lowest BCUT2D eigenvalue weighted by atomic mass is 10.2. The van der Waals surface area contributed by atoms with Crippen molar-refractivity contribution in [2.75, 3.05) is 58.9 Å². The molecule has 2 fully saturated rings. The highest BCUT2D eigenvalue weighted by Crippen LogP contribution is 2.21. The van der Waals surface area contributed by atoms with Gasteiger partial charge in [0.05, 0.1) is 16.7 Å². The summed E-state index contributed by atoms with van der Waals surface area (Å²) in [4.78, 5) is 54.5. The van der Waals surface area contributed by atoms with E-state index in [1.165, 1.54) is 0 Å². The number of fused-ring (bicyclic) bond motifs is 2. The first-order valence-electron chi connectivity index (χ1n) is 18.2. The van der Waals surface area contributed by atoms with Crippen molar-refractivity contribution < 1.29 is 19.1 Å². The lowest BCUT2D eigenvalue weighted by Gasteiger charge is -2.33. The van der Waals surface area contributed by atoms with E-state index in [-0.39, 0.29) is 12.2 Å². The Morgan fingerprint density at radius 3 is 1.76 bits per heavy atom. The van der Waals surface area contributed by atoms with E-state index in [0.29, 0.717) is 37.7 Å². The SMILES string of the molecule is Cc1cccc(CCN2CCN(C(=O)Oc3ccc4cccnc4c3)CC2)n1.O=C(Oc1ccc2cccnc2c1)N1CCN(Cc2cnccn2)CC1. The largest absolute Gasteiger partial charge is 0.415 e. The highest BCUT2D eigenvalue weighted by Gasteiger charge is 2.24. The first-order valence-corrected chi connectivity index (χ1v) is 18.2. The third-order valence-corrected chi connectivity index (χ3v) is 9.46. The maximum absolute atomic E-state index is 12.5. The molecule has 6 aromatic rings. The van der Waals surface area contributed by atoms with Gasteiger partial charge < -0.3 is 19.3 Å². The van der Waals surface area contributed by atoms with Crippen molar-refractivity contribution in [1.82, 2.24) is 44.5 Å². The van der Waals surface area contributed by atoms with Crippen molar-refractivity contribution in [1.29, 1.82) is 0 Å². The summed E-state index contributed by atoms with van der Waals surface area (Å²) in [6.07, 6.45) is 8.91. The first-order chi connectivity index (χ1) is 26.4. The molecule has 0 N–H and O–H groups in total. The molecular weight excluding hydrogens is 683 g/mol. The minimum Gasteiger partial charge on any atom is -0.410 e. The quantitative estimate of drug-likeness (QED) is 0.203. The number of piperazine rings is 2. The molecule has 2 saturated heterocycles. The topological polar surface area (TPSA) is 130 Å². The lowest BCUT2D eigenvalue weighted by molar-refractivity contribution is 0.107. The van der Waals surface area contributed by atoms with E-state index in [2.05, 4.69) is 40.8 Å². The Morgan fingerprint density at radius 2 is 1.20 bits per heavy atom. The maximum Gasteiger partial charge on any atom is 0.415 e. The van der Waals surface area contributed by atoms with E-state index >= 15 is 0 Å². The van der Waals surface area contributed by atoms with Crippen molar-refractivity contribution in [2.45, 2.75) is 19.9 Å². The Kier molecular flexibility index (Phi) is 11.9. The van der Waals surface area contributed by atoms with Crippen molar-refractivity contribution in [3.05, 3.63) is 127 Å². The summed E-state index contributed by atoms with van der Waals surface area (Å²) in [5.41, 5.74) is 4.74. The van der Waals surface area contributed by atoms with Gasteiger partial charge in [-0.15, -0.1) is 0 Å². The second-order valence-corrected chi connectivity index (χ2v) is 13.3. The predicted molar refractivity (Wildman–Crippen MR) is 205 cm³/mol. The molecule has 13 heteroatoms. The van der Waals surface area contributed by atoms with Crippen LogP contribution in [0, 0.1) is 6.92 Å². The maximum atomic E-state index is 12.5. The minimum absolute atomic E-state index is 0.296. The molecule has 0 aliphatic carbocycles. The average Bonchev–Trinajstić information content (AvgIpc) is 3.21. The average molecular weight is 726 g/mol. The Morgan fingerprint density at radius 1 is 0.611 bits per heavy atom. The summed E-state index contributed by atoms with van der Waals surface area (Å²) in [6.45, 7) is 9.58. The van der Waals surface area contributed by atoms with Gasteiger partial charge in [0.2, 0.25) is 0 Å². The van der Waals surface area contributed by atoms with Crippen LogP contribution in [0.2, 0.25) is 0 Å². The molecule has 0 radical (unpaired) electrons. The Hall–Kier alpha value is -6.05. The number of pyridine rings is 3. The fourth-order valence-corrected chi connectivity index (χ4v) is 6.44. The van der Waals surface area contributed by atoms with Crippen LogP contribution in [0.4, 0.5) is 9.59 Å². The number of amides is 2. The number of carbonyl (C=O) groups is 2. The summed E-state index contributed by atoms with van der Waals surface area (Å²) in [5.74, 6) is 1.05. The highest BCUT2D eigenvalue weighted by atomic mass is 16.6. The van der Waals surface area contributed by atoms with Gasteiger partial charge in [-0.1, -0.05) is 18.2 Å². The van der Waals surface area contributed by atoms with E-state index in [0.717, 1.165) is 84.6 Å². The third kappa shape index (κ3) is 9.88. The van der Waals surface area contributed by atoms with Crippen LogP contribution in [0.1, 0.15) is 17.1 Å². The van der Waals surface area contributed by atoms with Crippen molar-refractivity contribution in [2.24, 2.45) is 0 Å². The molecule has 54 heavy (non-hydrogen) atoms. The predicted octanol–water partition coefficient (Wildman–Crippen LogP) is 5.64. The standard InChI is InChI=1S/C22H24N4O2.C19H19N5O2/c1-17-4-2-6-19(24-17)9-11-25-12-14-26(15-13-25)22(27)28-20-8-7-18-5-3-10-23-21(18)16-20;25-19(26-17-4-3-15-2-1-5-22-18(15)12-17)24-10-8-23(9-11-24)14-16-13-20-6-7-21-16/h2-8,10,16H,9,11-15H2,1H3;1-7,12-13H,8-11,14H2. The Labute approximate surface area is 314 Å². The molecule has 0 unspecified atom stereocenters. The smallest absolute Gasteiger partial charge is 0.410 e. The molecule has 0 spiro atoms. The van der Waals surface area contributed by atoms with Gasteiger partial charge in [-0.05, 0) is 55.5 Å². The zero-order valence-corrected chi connectivity index (χ0v) is 30.3. The number of carbonyl (C=O) groups excluding carboxylic acids is 2. The molecule has 8 rings (SSSR count). The zero-order chi connectivity index (χ0) is 37.1. The van der Waals surface area contributed by atoms with Crippen molar-refractivity contribution in [3.63, 3.8) is 0 Å². The number of nitrogens with zero attached hydrogens (tertiary/aromatic N) is 9. The summed E-state index contributed by atoms with van der Waals surface area (Å²) in [5, 5.41) is 2.05. The molecule has 2 aliphatic rings. The molecule has 2 amide bonds. The van der Waals surface area contributed by atoms with Gasteiger partial charge in [-0.3, -0.25) is 34.7 Å². The van der Waals surface area contributed by atoms with Gasteiger partial charge in [0, 0.05) is 137 Å². The van der Waals surface area contributed by atoms with Crippen LogP contribution in [0.5, 0.6) is 11.5 Å². The van der Waals surface area contributed by atoms with E-state index in [4.69, 9.17) is 9.47 Å². The summed E-state index contributed by atoms with van der Waals surface area (Å²) >= 11 is 0. The number of aromatic nitrogens is 5. The summed E-state index contributed by atoms with van der Waals surface area (Å²) in [7, 11) is 0. The van der Waals surface area contributed by atoms with Gasteiger partial charge >= 0.3 is 12.2 Å². The van der Waals surface area contributed by atoms with Crippen molar-refractivity contribution in [3.8, 4) is 11.5 Å². The number of benzene rings is 2. The van der Waals surface area contributed by atoms with E-state index in [1.54, 1.807) is 59.0 Å². The van der Waals surface area contributed by atoms with Gasteiger partial charge in [0.1, 0.15) is 11.5 Å². The van der Waals surface area contributed by atoms with E-state index in [9.17, 15) is 9.59 Å². The van der Waals surface area contributed by atoms with Crippen molar-refractivity contribution >= 4 is 34.0 Å². The highest BCUT2D eigenvalue weighted by molar-refractivity contribution is 5.82. The molecule has 0 bridgehead atoms. The fourth-order valence-electron chi connectivity index (χ4n) is 6.44. The van der Waals surface area contributed by atoms with E-state index < -0.39 is 0 Å². The third-order valence-electron chi connectivity index (χ3n) is 9.46. The molecule has 4 aromatic heterocycles. The normalized spacial score (nSPS) is 15.1. The Balaban J connectivity index is 0.000000167. The van der Waals surface area contributed by atoms with Crippen LogP contribution >= 0.6 is 0 Å². The second-order valence-electron chi connectivity index (χ2n) is 13.3. The molecule has 6 heterocycles. The van der Waals surface area contributed by atoms with Crippen LogP contribution in [-0.2, 0) is 13.0 Å². The molecule has 2 aliphatic heterocycles.